The van der Waals surface area contributed by atoms with Crippen LogP contribution in [0.1, 0.15) is 20.3 Å². The molecule has 0 aromatic carbocycles. The maximum Gasteiger partial charge on any atom is 0.117 e. The largest absolute Gasteiger partial charge is 0.388 e. The van der Waals surface area contributed by atoms with E-state index in [4.69, 9.17) is 22.6 Å². The highest BCUT2D eigenvalue weighted by molar-refractivity contribution is 6.29. The minimum Gasteiger partial charge on any atom is -0.388 e. The molecule has 0 saturated carbocycles. The molecular formula is C9H13ClN2. The molecule has 0 atom stereocenters. The molecular weight excluding hydrogens is 172 g/mol. The van der Waals surface area contributed by atoms with Crippen molar-refractivity contribution in [2.24, 2.45) is 11.7 Å². The Morgan fingerprint density at radius 3 is 2.58 bits per heavy atom. The van der Waals surface area contributed by atoms with Crippen LogP contribution in [0.15, 0.2) is 22.9 Å². The SMILES string of the molecule is CC(C)C/C=C\C(C#N)=C(/N)Cl. The fourth-order valence-electron chi connectivity index (χ4n) is 0.628. The zero-order valence-electron chi connectivity index (χ0n) is 7.34. The molecule has 0 unspecified atom stereocenters. The molecule has 0 saturated heterocycles. The van der Waals surface area contributed by atoms with Gasteiger partial charge in [-0.1, -0.05) is 31.5 Å². The summed E-state index contributed by atoms with van der Waals surface area (Å²) < 4.78 is 0. The van der Waals surface area contributed by atoms with Gasteiger partial charge >= 0.3 is 0 Å². The van der Waals surface area contributed by atoms with E-state index in [0.717, 1.165) is 6.42 Å². The second-order valence-corrected chi connectivity index (χ2v) is 3.31. The van der Waals surface area contributed by atoms with Crippen molar-refractivity contribution in [3.8, 4) is 6.07 Å². The summed E-state index contributed by atoms with van der Waals surface area (Å²) in [7, 11) is 0. The summed E-state index contributed by atoms with van der Waals surface area (Å²) in [5, 5.41) is 8.59. The number of hydrogen-bond acceptors (Lipinski definition) is 2. The molecule has 2 nitrogen and oxygen atoms in total. The standard InChI is InChI=1S/C9H13ClN2/c1-7(2)4-3-5-8(6-11)9(10)12/h3,5,7H,4,12H2,1-2H3/b5-3-,9-8+. The van der Waals surface area contributed by atoms with Crippen LogP contribution in [0.3, 0.4) is 0 Å². The molecule has 0 aliphatic heterocycles. The maximum atomic E-state index is 8.54. The van der Waals surface area contributed by atoms with Gasteiger partial charge in [0.05, 0.1) is 5.57 Å². The Labute approximate surface area is 78.3 Å². The monoisotopic (exact) mass is 184 g/mol. The van der Waals surface area contributed by atoms with Crippen molar-refractivity contribution >= 4 is 11.6 Å². The molecule has 3 heteroatoms. The number of nitrogens with two attached hydrogens (primary N) is 1. The van der Waals surface area contributed by atoms with Gasteiger partial charge in [0.1, 0.15) is 11.2 Å². The molecule has 66 valence electrons. The van der Waals surface area contributed by atoms with E-state index in [-0.39, 0.29) is 5.16 Å². The van der Waals surface area contributed by atoms with Crippen molar-refractivity contribution < 1.29 is 0 Å². The lowest BCUT2D eigenvalue weighted by molar-refractivity contribution is 0.663. The molecule has 0 heterocycles. The van der Waals surface area contributed by atoms with Gasteiger partial charge in [-0.2, -0.15) is 5.26 Å². The van der Waals surface area contributed by atoms with Crippen molar-refractivity contribution in [1.82, 2.24) is 0 Å². The molecule has 0 aromatic rings. The molecule has 12 heavy (non-hydrogen) atoms. The first-order valence-corrected chi connectivity index (χ1v) is 4.17. The van der Waals surface area contributed by atoms with Gasteiger partial charge in [0.15, 0.2) is 0 Å². The Morgan fingerprint density at radius 2 is 2.25 bits per heavy atom. The van der Waals surface area contributed by atoms with Crippen LogP contribution in [0.5, 0.6) is 0 Å². The molecule has 0 radical (unpaired) electrons. The minimum atomic E-state index is 0.0532. The lowest BCUT2D eigenvalue weighted by Gasteiger charge is -1.96. The number of hydrogen-bond donors (Lipinski definition) is 1. The molecule has 0 aromatic heterocycles. The summed E-state index contributed by atoms with van der Waals surface area (Å²) in [5.74, 6) is 0.581. The zero-order valence-corrected chi connectivity index (χ0v) is 8.10. The molecule has 0 aliphatic rings. The van der Waals surface area contributed by atoms with E-state index in [1.54, 1.807) is 6.08 Å². The molecule has 0 amide bonds. The van der Waals surface area contributed by atoms with Gasteiger partial charge < -0.3 is 5.73 Å². The normalized spacial score (nSPS) is 13.2. The Hall–Kier alpha value is -0.940. The lowest BCUT2D eigenvalue weighted by Crippen LogP contribution is -1.91. The van der Waals surface area contributed by atoms with Crippen LogP contribution in [-0.2, 0) is 0 Å². The fraction of sp³-hybridized carbons (Fsp3) is 0.444. The summed E-state index contributed by atoms with van der Waals surface area (Å²) in [5.41, 5.74) is 5.57. The molecule has 0 rings (SSSR count). The van der Waals surface area contributed by atoms with Crippen molar-refractivity contribution in [2.45, 2.75) is 20.3 Å². The van der Waals surface area contributed by atoms with Gasteiger partial charge in [0.2, 0.25) is 0 Å². The molecule has 0 bridgehead atoms. The van der Waals surface area contributed by atoms with Crippen molar-refractivity contribution in [1.29, 1.82) is 5.26 Å². The third kappa shape index (κ3) is 4.81. The lowest BCUT2D eigenvalue weighted by atomic mass is 10.1. The minimum absolute atomic E-state index is 0.0532. The third-order valence-electron chi connectivity index (χ3n) is 1.27. The Morgan fingerprint density at radius 1 is 1.67 bits per heavy atom. The Bertz CT molecular complexity index is 229. The van der Waals surface area contributed by atoms with Crippen LogP contribution >= 0.6 is 11.6 Å². The predicted molar refractivity (Wildman–Crippen MR) is 51.3 cm³/mol. The van der Waals surface area contributed by atoms with E-state index in [1.165, 1.54) is 0 Å². The van der Waals surface area contributed by atoms with E-state index >= 15 is 0 Å². The fourth-order valence-corrected chi connectivity index (χ4v) is 0.734. The van der Waals surface area contributed by atoms with Gasteiger partial charge in [-0.05, 0) is 18.4 Å². The third-order valence-corrected chi connectivity index (χ3v) is 1.47. The highest BCUT2D eigenvalue weighted by atomic mass is 35.5. The van der Waals surface area contributed by atoms with Crippen LogP contribution in [0.25, 0.3) is 0 Å². The summed E-state index contributed by atoms with van der Waals surface area (Å²) in [4.78, 5) is 0. The smallest absolute Gasteiger partial charge is 0.117 e. The first kappa shape index (κ1) is 11.1. The van der Waals surface area contributed by atoms with Crippen LogP contribution in [0.2, 0.25) is 0 Å². The second-order valence-electron chi connectivity index (χ2n) is 2.91. The van der Waals surface area contributed by atoms with Crippen LogP contribution in [-0.4, -0.2) is 0 Å². The Balaban J connectivity index is 4.16. The number of allylic oxidation sites excluding steroid dienone is 3. The Kier molecular flexibility index (Phi) is 5.23. The van der Waals surface area contributed by atoms with Gasteiger partial charge in [0.25, 0.3) is 0 Å². The van der Waals surface area contributed by atoms with E-state index in [2.05, 4.69) is 13.8 Å². The molecule has 0 spiro atoms. The van der Waals surface area contributed by atoms with Crippen LogP contribution in [0.4, 0.5) is 0 Å². The highest BCUT2D eigenvalue weighted by Crippen LogP contribution is 2.06. The first-order chi connectivity index (χ1) is 5.57. The van der Waals surface area contributed by atoms with Gasteiger partial charge in [-0.15, -0.1) is 0 Å². The average molecular weight is 185 g/mol. The molecule has 0 aliphatic carbocycles. The van der Waals surface area contributed by atoms with Gasteiger partial charge in [-0.25, -0.2) is 0 Å². The topological polar surface area (TPSA) is 49.8 Å². The first-order valence-electron chi connectivity index (χ1n) is 3.79. The second kappa shape index (κ2) is 5.68. The van der Waals surface area contributed by atoms with E-state index in [1.807, 2.05) is 12.1 Å². The summed E-state index contributed by atoms with van der Waals surface area (Å²) in [6, 6.07) is 1.91. The zero-order chi connectivity index (χ0) is 9.56. The van der Waals surface area contributed by atoms with Gasteiger partial charge in [0, 0.05) is 0 Å². The van der Waals surface area contributed by atoms with Crippen molar-refractivity contribution in [3.05, 3.63) is 22.9 Å². The predicted octanol–water partition coefficient (Wildman–Crippen LogP) is 2.52. The molecule has 0 fully saturated rings. The quantitative estimate of drug-likeness (QED) is 0.416. The summed E-state index contributed by atoms with van der Waals surface area (Å²) in [6.45, 7) is 4.20. The van der Waals surface area contributed by atoms with Crippen LogP contribution in [0, 0.1) is 17.2 Å². The highest BCUT2D eigenvalue weighted by Gasteiger charge is 1.94. The maximum absolute atomic E-state index is 8.54. The van der Waals surface area contributed by atoms with Crippen LogP contribution < -0.4 is 5.73 Å². The summed E-state index contributed by atoms with van der Waals surface area (Å²) >= 11 is 5.44. The number of nitriles is 1. The van der Waals surface area contributed by atoms with E-state index in [0.29, 0.717) is 11.5 Å². The molecule has 2 N–H and O–H groups in total. The van der Waals surface area contributed by atoms with Crippen molar-refractivity contribution in [3.63, 3.8) is 0 Å². The van der Waals surface area contributed by atoms with Crippen molar-refractivity contribution in [2.75, 3.05) is 0 Å². The summed E-state index contributed by atoms with van der Waals surface area (Å²) in [6.07, 6.45) is 4.48. The number of halogens is 1. The van der Waals surface area contributed by atoms with E-state index < -0.39 is 0 Å². The van der Waals surface area contributed by atoms with Gasteiger partial charge in [-0.3, -0.25) is 0 Å². The van der Waals surface area contributed by atoms with E-state index in [9.17, 15) is 0 Å². The average Bonchev–Trinajstić information content (AvgIpc) is 1.96. The number of rotatable bonds is 3. The number of nitrogens with zero attached hydrogens (tertiary/aromatic N) is 1.